The third-order valence-corrected chi connectivity index (χ3v) is 3.94. The molecule has 0 spiro atoms. The van der Waals surface area contributed by atoms with E-state index in [1.165, 1.54) is 23.6 Å². The molecule has 0 unspecified atom stereocenters. The molecule has 2 aromatic rings. The van der Waals surface area contributed by atoms with Crippen LogP contribution in [0.25, 0.3) is 0 Å². The van der Waals surface area contributed by atoms with Crippen LogP contribution in [0.5, 0.6) is 0 Å². The lowest BCUT2D eigenvalue weighted by Crippen LogP contribution is -1.95. The van der Waals surface area contributed by atoms with Gasteiger partial charge in [-0.2, -0.15) is 5.10 Å². The molecule has 98 valence electrons. The highest BCUT2D eigenvalue weighted by molar-refractivity contribution is 14.1. The number of hydrazone groups is 1. The molecule has 8 heteroatoms. The topological polar surface area (TPSA) is 80.4 Å². The van der Waals surface area contributed by atoms with E-state index in [1.807, 2.05) is 34.9 Å². The van der Waals surface area contributed by atoms with Crippen LogP contribution >= 0.6 is 33.9 Å². The van der Waals surface area contributed by atoms with Gasteiger partial charge in [-0.1, -0.05) is 6.07 Å². The van der Waals surface area contributed by atoms with Gasteiger partial charge in [0, 0.05) is 17.0 Å². The fourth-order valence-electron chi connectivity index (χ4n) is 1.32. The SMILES string of the molecule is Cc1csc(NN=Cc2ccc(I)c([N+](=O)[O-])c2)n1. The Labute approximate surface area is 126 Å². The van der Waals surface area contributed by atoms with Gasteiger partial charge in [0.2, 0.25) is 5.13 Å². The smallest absolute Gasteiger partial charge is 0.258 e. The molecular formula is C11H9IN4O2S. The van der Waals surface area contributed by atoms with E-state index in [2.05, 4.69) is 15.5 Å². The average molecular weight is 388 g/mol. The number of hydrogen-bond acceptors (Lipinski definition) is 6. The molecule has 0 amide bonds. The van der Waals surface area contributed by atoms with Crippen LogP contribution in [0.15, 0.2) is 28.7 Å². The zero-order valence-corrected chi connectivity index (χ0v) is 12.8. The molecule has 0 aliphatic carbocycles. The van der Waals surface area contributed by atoms with Gasteiger partial charge in [-0.25, -0.2) is 4.98 Å². The highest BCUT2D eigenvalue weighted by Crippen LogP contribution is 2.21. The summed E-state index contributed by atoms with van der Waals surface area (Å²) in [7, 11) is 0. The van der Waals surface area contributed by atoms with E-state index in [0.29, 0.717) is 14.3 Å². The maximum Gasteiger partial charge on any atom is 0.283 e. The van der Waals surface area contributed by atoms with Crippen molar-refractivity contribution >= 4 is 51.0 Å². The molecule has 1 aromatic heterocycles. The summed E-state index contributed by atoms with van der Waals surface area (Å²) < 4.78 is 0.600. The molecule has 0 bridgehead atoms. The molecule has 6 nitrogen and oxygen atoms in total. The van der Waals surface area contributed by atoms with Crippen LogP contribution < -0.4 is 5.43 Å². The van der Waals surface area contributed by atoms with Crippen LogP contribution in [0.3, 0.4) is 0 Å². The van der Waals surface area contributed by atoms with Crippen molar-refractivity contribution in [3.63, 3.8) is 0 Å². The summed E-state index contributed by atoms with van der Waals surface area (Å²) in [5.41, 5.74) is 4.44. The number of halogens is 1. The van der Waals surface area contributed by atoms with Gasteiger partial charge >= 0.3 is 0 Å². The molecule has 19 heavy (non-hydrogen) atoms. The van der Waals surface area contributed by atoms with Crippen molar-refractivity contribution in [1.29, 1.82) is 0 Å². The predicted molar refractivity (Wildman–Crippen MR) is 83.9 cm³/mol. The third kappa shape index (κ3) is 3.70. The second kappa shape index (κ2) is 6.06. The van der Waals surface area contributed by atoms with Gasteiger partial charge in [-0.3, -0.25) is 15.5 Å². The van der Waals surface area contributed by atoms with Gasteiger partial charge in [-0.05, 0) is 35.6 Å². The van der Waals surface area contributed by atoms with Crippen LogP contribution in [0.4, 0.5) is 10.8 Å². The molecule has 0 saturated heterocycles. The number of anilines is 1. The predicted octanol–water partition coefficient (Wildman–Crippen LogP) is 3.41. The number of nitro benzene ring substituents is 1. The number of aromatic nitrogens is 1. The zero-order chi connectivity index (χ0) is 13.8. The van der Waals surface area contributed by atoms with Crippen molar-refractivity contribution in [2.24, 2.45) is 5.10 Å². The second-order valence-corrected chi connectivity index (χ2v) is 5.65. The molecule has 1 N–H and O–H groups in total. The van der Waals surface area contributed by atoms with Gasteiger partial charge in [0.15, 0.2) is 0 Å². The quantitative estimate of drug-likeness (QED) is 0.377. The first-order valence-corrected chi connectivity index (χ1v) is 7.17. The molecule has 1 aromatic carbocycles. The van der Waals surface area contributed by atoms with E-state index in [-0.39, 0.29) is 5.69 Å². The fourth-order valence-corrected chi connectivity index (χ4v) is 2.49. The first-order chi connectivity index (χ1) is 9.06. The lowest BCUT2D eigenvalue weighted by Gasteiger charge is -1.97. The molecule has 0 radical (unpaired) electrons. The van der Waals surface area contributed by atoms with Gasteiger partial charge < -0.3 is 0 Å². The minimum Gasteiger partial charge on any atom is -0.258 e. The number of nitrogens with one attached hydrogen (secondary N) is 1. The third-order valence-electron chi connectivity index (χ3n) is 2.16. The van der Waals surface area contributed by atoms with Crippen molar-refractivity contribution in [3.05, 3.63) is 48.5 Å². The molecule has 0 saturated carbocycles. The molecule has 0 aliphatic rings. The summed E-state index contributed by atoms with van der Waals surface area (Å²) in [6.07, 6.45) is 1.53. The number of nitro groups is 1. The van der Waals surface area contributed by atoms with E-state index >= 15 is 0 Å². The number of benzene rings is 1. The van der Waals surface area contributed by atoms with Crippen molar-refractivity contribution in [2.75, 3.05) is 5.43 Å². The Hall–Kier alpha value is -1.55. The lowest BCUT2D eigenvalue weighted by atomic mass is 10.2. The number of aryl methyl sites for hydroxylation is 1. The molecule has 0 fully saturated rings. The summed E-state index contributed by atoms with van der Waals surface area (Å²) in [5.74, 6) is 0. The highest BCUT2D eigenvalue weighted by atomic mass is 127. The number of thiazole rings is 1. The van der Waals surface area contributed by atoms with Crippen LogP contribution in [0.2, 0.25) is 0 Å². The Balaban J connectivity index is 2.10. The highest BCUT2D eigenvalue weighted by Gasteiger charge is 2.11. The monoisotopic (exact) mass is 388 g/mol. The summed E-state index contributed by atoms with van der Waals surface area (Å²) >= 11 is 3.38. The Kier molecular flexibility index (Phi) is 4.43. The summed E-state index contributed by atoms with van der Waals surface area (Å²) in [6, 6.07) is 4.95. The number of hydrogen-bond donors (Lipinski definition) is 1. The molecular weight excluding hydrogens is 379 g/mol. The summed E-state index contributed by atoms with van der Waals surface area (Å²) in [6.45, 7) is 1.90. The Bertz CT molecular complexity index is 641. The summed E-state index contributed by atoms with van der Waals surface area (Å²) in [5, 5.41) is 17.4. The van der Waals surface area contributed by atoms with E-state index < -0.39 is 4.92 Å². The van der Waals surface area contributed by atoms with Crippen molar-refractivity contribution < 1.29 is 4.92 Å². The van der Waals surface area contributed by atoms with Crippen molar-refractivity contribution in [1.82, 2.24) is 4.98 Å². The molecule has 1 heterocycles. The van der Waals surface area contributed by atoms with Crippen molar-refractivity contribution in [2.45, 2.75) is 6.92 Å². The average Bonchev–Trinajstić information content (AvgIpc) is 2.77. The van der Waals surface area contributed by atoms with Crippen LogP contribution in [0.1, 0.15) is 11.3 Å². The first-order valence-electron chi connectivity index (χ1n) is 5.21. The standard InChI is InChI=1S/C11H9IN4O2S/c1-7-6-19-11(14-7)15-13-5-8-2-3-9(12)10(4-8)16(17)18/h2-6H,1H3,(H,14,15). The summed E-state index contributed by atoms with van der Waals surface area (Å²) in [4.78, 5) is 14.6. The van der Waals surface area contributed by atoms with Gasteiger partial charge in [0.05, 0.1) is 20.4 Å². The van der Waals surface area contributed by atoms with Crippen LogP contribution in [0, 0.1) is 20.6 Å². The Morgan fingerprint density at radius 1 is 1.58 bits per heavy atom. The number of nitrogens with zero attached hydrogens (tertiary/aromatic N) is 3. The van der Waals surface area contributed by atoms with Gasteiger partial charge in [0.25, 0.3) is 5.69 Å². The minimum atomic E-state index is -0.406. The lowest BCUT2D eigenvalue weighted by molar-refractivity contribution is -0.385. The second-order valence-electron chi connectivity index (χ2n) is 3.63. The Morgan fingerprint density at radius 2 is 2.37 bits per heavy atom. The minimum absolute atomic E-state index is 0.0784. The maximum atomic E-state index is 10.8. The largest absolute Gasteiger partial charge is 0.283 e. The van der Waals surface area contributed by atoms with Crippen LogP contribution in [-0.2, 0) is 0 Å². The van der Waals surface area contributed by atoms with E-state index in [9.17, 15) is 10.1 Å². The van der Waals surface area contributed by atoms with E-state index in [4.69, 9.17) is 0 Å². The van der Waals surface area contributed by atoms with Gasteiger partial charge in [-0.15, -0.1) is 11.3 Å². The fraction of sp³-hybridized carbons (Fsp3) is 0.0909. The van der Waals surface area contributed by atoms with Gasteiger partial charge in [0.1, 0.15) is 0 Å². The normalized spacial score (nSPS) is 10.8. The Morgan fingerprint density at radius 3 is 3.00 bits per heavy atom. The first kappa shape index (κ1) is 13.9. The van der Waals surface area contributed by atoms with E-state index in [0.717, 1.165) is 5.69 Å². The molecule has 0 atom stereocenters. The number of rotatable bonds is 4. The molecule has 2 rings (SSSR count). The maximum absolute atomic E-state index is 10.8. The zero-order valence-electron chi connectivity index (χ0n) is 9.83. The van der Waals surface area contributed by atoms with E-state index in [1.54, 1.807) is 12.1 Å². The van der Waals surface area contributed by atoms with Crippen LogP contribution in [-0.4, -0.2) is 16.1 Å². The molecule has 0 aliphatic heterocycles. The van der Waals surface area contributed by atoms with Crippen molar-refractivity contribution in [3.8, 4) is 0 Å².